The normalized spacial score (nSPS) is 10.6. The second kappa shape index (κ2) is 6.10. The molecule has 0 aliphatic rings. The maximum atomic E-state index is 8.97. The molecule has 0 atom stereocenters. The van der Waals surface area contributed by atoms with Crippen molar-refractivity contribution in [1.82, 2.24) is 0 Å². The average Bonchev–Trinajstić information content (AvgIpc) is 2.30. The van der Waals surface area contributed by atoms with E-state index >= 15 is 0 Å². The van der Waals surface area contributed by atoms with Gasteiger partial charge in [-0.1, -0.05) is 0 Å². The van der Waals surface area contributed by atoms with Crippen LogP contribution in [0.15, 0.2) is 28.2 Å². The second-order valence-corrected chi connectivity index (χ2v) is 3.23. The zero-order valence-electron chi connectivity index (χ0n) is 9.92. The smallest absolute Gasteiger partial charge is 0.223 e. The molecule has 0 fully saturated rings. The van der Waals surface area contributed by atoms with E-state index in [2.05, 4.69) is 9.98 Å². The molecule has 0 bridgehead atoms. The molecule has 1 rings (SSSR count). The number of guanidine groups is 2. The Balaban J connectivity index is 3.07. The van der Waals surface area contributed by atoms with Gasteiger partial charge in [0.05, 0.1) is 17.9 Å². The minimum atomic E-state index is -0.178. The van der Waals surface area contributed by atoms with Gasteiger partial charge in [0.1, 0.15) is 11.8 Å². The van der Waals surface area contributed by atoms with E-state index < -0.39 is 0 Å². The van der Waals surface area contributed by atoms with Gasteiger partial charge in [-0.3, -0.25) is 0 Å². The molecule has 7 nitrogen and oxygen atoms in total. The van der Waals surface area contributed by atoms with Crippen LogP contribution in [0.5, 0.6) is 5.75 Å². The van der Waals surface area contributed by atoms with Crippen LogP contribution in [0.25, 0.3) is 0 Å². The minimum Gasteiger partial charge on any atom is -0.492 e. The Bertz CT molecular complexity index is 525. The highest BCUT2D eigenvalue weighted by Crippen LogP contribution is 2.23. The number of benzene rings is 1. The number of aliphatic imine (C=N–C) groups is 2. The van der Waals surface area contributed by atoms with Crippen molar-refractivity contribution in [1.29, 1.82) is 5.26 Å². The SMILES string of the molecule is CCOc1ccc(N=C(N)N=C(N)N)cc1C#N. The molecule has 0 saturated carbocycles. The highest BCUT2D eigenvalue weighted by Gasteiger charge is 2.04. The molecule has 0 unspecified atom stereocenters. The molecule has 18 heavy (non-hydrogen) atoms. The number of nitriles is 1. The predicted octanol–water partition coefficient (Wildman–Crippen LogP) is 0.177. The van der Waals surface area contributed by atoms with Crippen LogP contribution >= 0.6 is 0 Å². The summed E-state index contributed by atoms with van der Waals surface area (Å²) < 4.78 is 5.28. The summed E-state index contributed by atoms with van der Waals surface area (Å²) in [5.74, 6) is 0.241. The van der Waals surface area contributed by atoms with Gasteiger partial charge in [-0.05, 0) is 25.1 Å². The van der Waals surface area contributed by atoms with Crippen molar-refractivity contribution in [3.05, 3.63) is 23.8 Å². The fourth-order valence-corrected chi connectivity index (χ4v) is 1.25. The number of nitrogens with zero attached hydrogens (tertiary/aromatic N) is 3. The predicted molar refractivity (Wildman–Crippen MR) is 69.4 cm³/mol. The van der Waals surface area contributed by atoms with Crippen molar-refractivity contribution in [3.63, 3.8) is 0 Å². The van der Waals surface area contributed by atoms with Crippen LogP contribution in [-0.4, -0.2) is 18.5 Å². The second-order valence-electron chi connectivity index (χ2n) is 3.23. The molecule has 0 saturated heterocycles. The highest BCUT2D eigenvalue weighted by atomic mass is 16.5. The van der Waals surface area contributed by atoms with E-state index in [-0.39, 0.29) is 11.9 Å². The van der Waals surface area contributed by atoms with Gasteiger partial charge >= 0.3 is 0 Å². The van der Waals surface area contributed by atoms with E-state index in [1.54, 1.807) is 18.2 Å². The van der Waals surface area contributed by atoms with Gasteiger partial charge in [0, 0.05) is 0 Å². The average molecular weight is 246 g/mol. The fourth-order valence-electron chi connectivity index (χ4n) is 1.25. The third-order valence-corrected chi connectivity index (χ3v) is 1.87. The van der Waals surface area contributed by atoms with Crippen molar-refractivity contribution < 1.29 is 4.74 Å². The molecule has 0 spiro atoms. The van der Waals surface area contributed by atoms with Gasteiger partial charge in [-0.15, -0.1) is 0 Å². The van der Waals surface area contributed by atoms with Gasteiger partial charge in [0.25, 0.3) is 0 Å². The zero-order chi connectivity index (χ0) is 13.5. The number of nitrogens with two attached hydrogens (primary N) is 3. The fraction of sp³-hybridized carbons (Fsp3) is 0.182. The number of rotatable bonds is 3. The van der Waals surface area contributed by atoms with Gasteiger partial charge < -0.3 is 21.9 Å². The molecule has 1 aromatic rings. The summed E-state index contributed by atoms with van der Waals surface area (Å²) in [4.78, 5) is 7.52. The summed E-state index contributed by atoms with van der Waals surface area (Å²) in [6.07, 6.45) is 0. The van der Waals surface area contributed by atoms with Crippen molar-refractivity contribution >= 4 is 17.6 Å². The molecule has 0 amide bonds. The molecule has 6 N–H and O–H groups in total. The Hall–Kier alpha value is -2.75. The number of hydrogen-bond donors (Lipinski definition) is 3. The molecular formula is C11H14N6O. The van der Waals surface area contributed by atoms with E-state index in [9.17, 15) is 0 Å². The third-order valence-electron chi connectivity index (χ3n) is 1.87. The molecule has 0 aromatic heterocycles. The summed E-state index contributed by atoms with van der Waals surface area (Å²) in [5.41, 5.74) is 16.6. The Morgan fingerprint density at radius 3 is 2.67 bits per heavy atom. The maximum Gasteiger partial charge on any atom is 0.223 e. The lowest BCUT2D eigenvalue weighted by molar-refractivity contribution is 0.339. The molecule has 0 heterocycles. The first-order chi connectivity index (χ1) is 8.56. The third kappa shape index (κ3) is 3.68. The molecule has 7 heteroatoms. The van der Waals surface area contributed by atoms with Gasteiger partial charge in [0.15, 0.2) is 5.96 Å². The van der Waals surface area contributed by atoms with Crippen LogP contribution in [0.1, 0.15) is 12.5 Å². The van der Waals surface area contributed by atoms with Crippen molar-refractivity contribution in [2.45, 2.75) is 6.92 Å². The van der Waals surface area contributed by atoms with E-state index in [1.807, 2.05) is 13.0 Å². The van der Waals surface area contributed by atoms with Crippen LogP contribution in [0.4, 0.5) is 5.69 Å². The minimum absolute atomic E-state index is 0.0805. The van der Waals surface area contributed by atoms with Gasteiger partial charge in [-0.2, -0.15) is 10.3 Å². The first kappa shape index (κ1) is 13.3. The maximum absolute atomic E-state index is 8.97. The van der Waals surface area contributed by atoms with E-state index in [0.717, 1.165) is 0 Å². The number of hydrogen-bond acceptors (Lipinski definition) is 3. The largest absolute Gasteiger partial charge is 0.492 e. The standard InChI is InChI=1S/C11H14N6O/c1-2-18-9-4-3-8(5-7(9)6-12)16-11(15)17-10(13)14/h3-5H,2H2,1H3,(H6,13,14,15,16,17). The van der Waals surface area contributed by atoms with Gasteiger partial charge in [0.2, 0.25) is 5.96 Å². The summed E-state index contributed by atoms with van der Waals surface area (Å²) in [6, 6.07) is 6.85. The lowest BCUT2D eigenvalue weighted by atomic mass is 10.2. The monoisotopic (exact) mass is 246 g/mol. The summed E-state index contributed by atoms with van der Waals surface area (Å²) in [6.45, 7) is 2.32. The summed E-state index contributed by atoms with van der Waals surface area (Å²) in [5, 5.41) is 8.97. The first-order valence-corrected chi connectivity index (χ1v) is 5.17. The van der Waals surface area contributed by atoms with E-state index in [1.165, 1.54) is 0 Å². The Labute approximate surface area is 105 Å². The van der Waals surface area contributed by atoms with E-state index in [0.29, 0.717) is 23.6 Å². The van der Waals surface area contributed by atoms with Crippen LogP contribution in [0.2, 0.25) is 0 Å². The first-order valence-electron chi connectivity index (χ1n) is 5.17. The molecule has 1 aromatic carbocycles. The highest BCUT2D eigenvalue weighted by molar-refractivity contribution is 5.93. The van der Waals surface area contributed by atoms with Crippen molar-refractivity contribution in [3.8, 4) is 11.8 Å². The zero-order valence-corrected chi connectivity index (χ0v) is 9.92. The molecule has 94 valence electrons. The molecular weight excluding hydrogens is 232 g/mol. The lowest BCUT2D eigenvalue weighted by Crippen LogP contribution is -2.26. The van der Waals surface area contributed by atoms with Gasteiger partial charge in [-0.25, -0.2) is 4.99 Å². The van der Waals surface area contributed by atoms with E-state index in [4.69, 9.17) is 27.2 Å². The molecule has 0 radical (unpaired) electrons. The lowest BCUT2D eigenvalue weighted by Gasteiger charge is -2.05. The molecule has 0 aliphatic carbocycles. The molecule has 0 aliphatic heterocycles. The summed E-state index contributed by atoms with van der Waals surface area (Å²) in [7, 11) is 0. The number of ether oxygens (including phenoxy) is 1. The Kier molecular flexibility index (Phi) is 4.51. The topological polar surface area (TPSA) is 136 Å². The van der Waals surface area contributed by atoms with Crippen LogP contribution in [0, 0.1) is 11.3 Å². The van der Waals surface area contributed by atoms with Crippen LogP contribution in [-0.2, 0) is 0 Å². The quantitative estimate of drug-likeness (QED) is 0.516. The van der Waals surface area contributed by atoms with Crippen molar-refractivity contribution in [2.24, 2.45) is 27.2 Å². The van der Waals surface area contributed by atoms with Crippen LogP contribution in [0.3, 0.4) is 0 Å². The Morgan fingerprint density at radius 1 is 1.39 bits per heavy atom. The Morgan fingerprint density at radius 2 is 2.11 bits per heavy atom. The van der Waals surface area contributed by atoms with Crippen LogP contribution < -0.4 is 21.9 Å². The van der Waals surface area contributed by atoms with Crippen molar-refractivity contribution in [2.75, 3.05) is 6.61 Å². The summed E-state index contributed by atoms with van der Waals surface area (Å²) >= 11 is 0.